The fraction of sp³-hybridized carbons (Fsp3) is 0.571. The molecule has 126 valence electrons. The van der Waals surface area contributed by atoms with Crippen LogP contribution in [-0.4, -0.2) is 55.8 Å². The minimum atomic E-state index is -3.35. The first-order valence-corrected chi connectivity index (χ1v) is 6.76. The third-order valence-corrected chi connectivity index (χ3v) is 3.62. The number of aliphatic hydroxyl groups excluding tert-OH is 1. The van der Waals surface area contributed by atoms with Gasteiger partial charge in [0, 0.05) is 26.2 Å². The minimum Gasteiger partial charge on any atom is -0.494 e. The zero-order chi connectivity index (χ0) is 15.5. The fourth-order valence-electron chi connectivity index (χ4n) is 2.60. The van der Waals surface area contributed by atoms with E-state index in [9.17, 15) is 13.2 Å². The average molecular weight is 341 g/mol. The lowest BCUT2D eigenvalue weighted by Crippen LogP contribution is -2.51. The number of piperazine rings is 1. The van der Waals surface area contributed by atoms with E-state index in [1.54, 1.807) is 4.90 Å². The molecule has 1 aliphatic heterocycles. The van der Waals surface area contributed by atoms with E-state index >= 15 is 0 Å². The lowest BCUT2D eigenvalue weighted by atomic mass is 9.98. The molecule has 0 amide bonds. The highest BCUT2D eigenvalue weighted by atomic mass is 35.5. The molecule has 0 aliphatic carbocycles. The number of methoxy groups -OCH3 is 1. The monoisotopic (exact) mass is 340 g/mol. The number of hydrogen-bond acceptors (Lipinski definition) is 4. The number of halogens is 4. The zero-order valence-corrected chi connectivity index (χ0v) is 13.0. The number of alkyl halides is 2. The summed E-state index contributed by atoms with van der Waals surface area (Å²) in [6.07, 6.45) is 0. The molecule has 2 N–H and O–H groups in total. The molecule has 0 radical (unpaired) electrons. The summed E-state index contributed by atoms with van der Waals surface area (Å²) in [5.74, 6) is -4.03. The largest absolute Gasteiger partial charge is 0.494 e. The molecule has 1 aromatic carbocycles. The maximum Gasteiger partial charge on any atom is 0.289 e. The number of rotatable bonds is 5. The van der Waals surface area contributed by atoms with Crippen LogP contribution in [0.1, 0.15) is 11.6 Å². The number of nitrogens with zero attached hydrogens (tertiary/aromatic N) is 1. The van der Waals surface area contributed by atoms with Crippen molar-refractivity contribution in [1.29, 1.82) is 0 Å². The van der Waals surface area contributed by atoms with E-state index in [2.05, 4.69) is 5.32 Å². The molecule has 1 fully saturated rings. The Kier molecular flexibility index (Phi) is 6.93. The summed E-state index contributed by atoms with van der Waals surface area (Å²) in [4.78, 5) is 1.56. The molecule has 0 saturated carbocycles. The van der Waals surface area contributed by atoms with Crippen LogP contribution < -0.4 is 10.1 Å². The van der Waals surface area contributed by atoms with Crippen molar-refractivity contribution < 1.29 is 23.0 Å². The van der Waals surface area contributed by atoms with Gasteiger partial charge in [-0.2, -0.15) is 0 Å². The van der Waals surface area contributed by atoms with Gasteiger partial charge in [0.2, 0.25) is 0 Å². The molecule has 8 heteroatoms. The molecule has 2 rings (SSSR count). The van der Waals surface area contributed by atoms with E-state index in [0.717, 1.165) is 6.07 Å². The highest BCUT2D eigenvalue weighted by Crippen LogP contribution is 2.37. The lowest BCUT2D eigenvalue weighted by molar-refractivity contribution is -0.118. The van der Waals surface area contributed by atoms with Gasteiger partial charge in [0.05, 0.1) is 7.11 Å². The number of ether oxygens (including phenoxy) is 1. The van der Waals surface area contributed by atoms with Crippen LogP contribution in [-0.2, 0) is 0 Å². The molecular weight excluding hydrogens is 321 g/mol. The Balaban J connectivity index is 0.00000242. The fourth-order valence-corrected chi connectivity index (χ4v) is 2.60. The molecular formula is C14H20ClF3N2O2. The van der Waals surface area contributed by atoms with Gasteiger partial charge in [-0.3, -0.25) is 4.90 Å². The number of nitrogens with one attached hydrogen (secondary N) is 1. The van der Waals surface area contributed by atoms with Gasteiger partial charge in [-0.25, -0.2) is 13.2 Å². The SMILES string of the molecule is COc1ccc([C@H](N2CCNCC2)C(F)(F)CO)cc1F.Cl. The highest BCUT2D eigenvalue weighted by molar-refractivity contribution is 5.85. The minimum absolute atomic E-state index is 0. The summed E-state index contributed by atoms with van der Waals surface area (Å²) in [6.45, 7) is 0.699. The summed E-state index contributed by atoms with van der Waals surface area (Å²) >= 11 is 0. The number of aliphatic hydroxyl groups is 1. The van der Waals surface area contributed by atoms with Crippen LogP contribution in [0.15, 0.2) is 18.2 Å². The van der Waals surface area contributed by atoms with E-state index in [-0.39, 0.29) is 23.7 Å². The van der Waals surface area contributed by atoms with Gasteiger partial charge in [-0.05, 0) is 17.7 Å². The molecule has 0 bridgehead atoms. The van der Waals surface area contributed by atoms with Crippen LogP contribution >= 0.6 is 12.4 Å². The first kappa shape index (κ1) is 19.0. The molecule has 1 aromatic rings. The Labute approximate surface area is 133 Å². The molecule has 1 atom stereocenters. The van der Waals surface area contributed by atoms with Gasteiger partial charge in [0.25, 0.3) is 5.92 Å². The summed E-state index contributed by atoms with van der Waals surface area (Å²) in [7, 11) is 1.31. The van der Waals surface area contributed by atoms with Crippen LogP contribution in [0.4, 0.5) is 13.2 Å². The second-order valence-electron chi connectivity index (χ2n) is 5.00. The molecule has 0 spiro atoms. The Hall–Kier alpha value is -1.02. The molecule has 4 nitrogen and oxygen atoms in total. The van der Waals surface area contributed by atoms with Crippen molar-refractivity contribution in [1.82, 2.24) is 10.2 Å². The maximum atomic E-state index is 14.1. The molecule has 1 heterocycles. The first-order valence-electron chi connectivity index (χ1n) is 6.76. The summed E-state index contributed by atoms with van der Waals surface area (Å²) in [5.41, 5.74) is 0.134. The van der Waals surface area contributed by atoms with Crippen molar-refractivity contribution in [2.75, 3.05) is 39.9 Å². The molecule has 22 heavy (non-hydrogen) atoms. The zero-order valence-electron chi connectivity index (χ0n) is 12.2. The number of benzene rings is 1. The van der Waals surface area contributed by atoms with E-state index in [4.69, 9.17) is 9.84 Å². The van der Waals surface area contributed by atoms with Crippen LogP contribution in [0.3, 0.4) is 0 Å². The molecule has 1 saturated heterocycles. The standard InChI is InChI=1S/C14H19F3N2O2.ClH/c1-21-12-3-2-10(8-11(12)15)13(14(16,17)9-20)19-6-4-18-5-7-19;/h2-3,8,13,18,20H,4-7,9H2,1H3;1H/t13-;/m0./s1. The smallest absolute Gasteiger partial charge is 0.289 e. The Morgan fingerprint density at radius 1 is 1.36 bits per heavy atom. The second kappa shape index (κ2) is 8.01. The Morgan fingerprint density at radius 3 is 2.50 bits per heavy atom. The van der Waals surface area contributed by atoms with Crippen molar-refractivity contribution in [2.45, 2.75) is 12.0 Å². The van der Waals surface area contributed by atoms with Gasteiger partial charge >= 0.3 is 0 Å². The molecule has 1 aliphatic rings. The van der Waals surface area contributed by atoms with Crippen molar-refractivity contribution in [2.24, 2.45) is 0 Å². The van der Waals surface area contributed by atoms with Gasteiger partial charge in [0.15, 0.2) is 11.6 Å². The predicted octanol–water partition coefficient (Wildman–Crippen LogP) is 1.83. The van der Waals surface area contributed by atoms with Gasteiger partial charge in [0.1, 0.15) is 12.6 Å². The highest BCUT2D eigenvalue weighted by Gasteiger charge is 2.44. The predicted molar refractivity (Wildman–Crippen MR) is 79.4 cm³/mol. The third-order valence-electron chi connectivity index (χ3n) is 3.62. The number of hydrogen-bond donors (Lipinski definition) is 2. The second-order valence-corrected chi connectivity index (χ2v) is 5.00. The van der Waals surface area contributed by atoms with E-state index < -0.39 is 24.4 Å². The Bertz CT molecular complexity index is 485. The summed E-state index contributed by atoms with van der Waals surface area (Å²) in [6, 6.07) is 2.44. The first-order chi connectivity index (χ1) is 9.99. The Morgan fingerprint density at radius 2 is 2.00 bits per heavy atom. The van der Waals surface area contributed by atoms with Crippen molar-refractivity contribution in [3.05, 3.63) is 29.6 Å². The quantitative estimate of drug-likeness (QED) is 0.858. The average Bonchev–Trinajstić information content (AvgIpc) is 2.48. The molecule has 0 unspecified atom stereocenters. The van der Waals surface area contributed by atoms with Crippen LogP contribution in [0.25, 0.3) is 0 Å². The third kappa shape index (κ3) is 4.04. The van der Waals surface area contributed by atoms with E-state index in [1.165, 1.54) is 19.2 Å². The van der Waals surface area contributed by atoms with Gasteiger partial charge in [-0.1, -0.05) is 6.07 Å². The van der Waals surface area contributed by atoms with Crippen LogP contribution in [0.5, 0.6) is 5.75 Å². The van der Waals surface area contributed by atoms with Gasteiger partial charge in [-0.15, -0.1) is 12.4 Å². The summed E-state index contributed by atoms with van der Waals surface area (Å²) < 4.78 is 46.9. The van der Waals surface area contributed by atoms with Crippen LogP contribution in [0, 0.1) is 5.82 Å². The van der Waals surface area contributed by atoms with E-state index in [0.29, 0.717) is 26.2 Å². The normalized spacial score (nSPS) is 17.7. The van der Waals surface area contributed by atoms with Crippen LogP contribution in [0.2, 0.25) is 0 Å². The maximum absolute atomic E-state index is 14.1. The van der Waals surface area contributed by atoms with Crippen molar-refractivity contribution in [3.8, 4) is 5.75 Å². The topological polar surface area (TPSA) is 44.7 Å². The van der Waals surface area contributed by atoms with Gasteiger partial charge < -0.3 is 15.2 Å². The lowest BCUT2D eigenvalue weighted by Gasteiger charge is -2.38. The molecule has 0 aromatic heterocycles. The van der Waals surface area contributed by atoms with Crippen molar-refractivity contribution >= 4 is 12.4 Å². The van der Waals surface area contributed by atoms with Crippen molar-refractivity contribution in [3.63, 3.8) is 0 Å². The van der Waals surface area contributed by atoms with E-state index in [1.807, 2.05) is 0 Å². The summed E-state index contributed by atoms with van der Waals surface area (Å²) in [5, 5.41) is 12.1.